The van der Waals surface area contributed by atoms with Crippen molar-refractivity contribution < 1.29 is 4.79 Å². The lowest BCUT2D eigenvalue weighted by Gasteiger charge is -2.24. The average molecular weight is 184 g/mol. The highest BCUT2D eigenvalue weighted by atomic mass is 16.2. The van der Waals surface area contributed by atoms with Crippen LogP contribution in [0.15, 0.2) is 0 Å². The monoisotopic (exact) mass is 184 g/mol. The van der Waals surface area contributed by atoms with Gasteiger partial charge in [0.1, 0.15) is 0 Å². The molecular weight excluding hydrogens is 164 g/mol. The van der Waals surface area contributed by atoms with E-state index < -0.39 is 0 Å². The van der Waals surface area contributed by atoms with E-state index >= 15 is 0 Å². The first-order valence-corrected chi connectivity index (χ1v) is 5.18. The quantitative estimate of drug-likeness (QED) is 0.691. The van der Waals surface area contributed by atoms with Crippen molar-refractivity contribution in [2.24, 2.45) is 0 Å². The van der Waals surface area contributed by atoms with E-state index in [-0.39, 0.29) is 11.9 Å². The molecule has 3 heteroatoms. The van der Waals surface area contributed by atoms with Crippen molar-refractivity contribution in [2.75, 3.05) is 13.6 Å². The van der Waals surface area contributed by atoms with E-state index in [0.29, 0.717) is 6.04 Å². The molecule has 0 aromatic carbocycles. The molecule has 0 aromatic rings. The van der Waals surface area contributed by atoms with E-state index in [0.717, 1.165) is 13.0 Å². The second kappa shape index (κ2) is 4.61. The van der Waals surface area contributed by atoms with Crippen molar-refractivity contribution in [1.82, 2.24) is 10.2 Å². The lowest BCUT2D eigenvalue weighted by atomic mass is 10.2. The second-order valence-corrected chi connectivity index (χ2v) is 3.77. The first kappa shape index (κ1) is 10.5. The number of nitrogens with zero attached hydrogens (tertiary/aromatic N) is 1. The number of rotatable bonds is 5. The zero-order valence-electron chi connectivity index (χ0n) is 8.84. The van der Waals surface area contributed by atoms with Crippen LogP contribution in [0.5, 0.6) is 0 Å². The minimum absolute atomic E-state index is 0.0350. The molecule has 0 radical (unpaired) electrons. The van der Waals surface area contributed by atoms with Crippen LogP contribution in [0.1, 0.15) is 33.1 Å². The number of hydrogen-bond donors (Lipinski definition) is 1. The van der Waals surface area contributed by atoms with Gasteiger partial charge in [0.25, 0.3) is 0 Å². The van der Waals surface area contributed by atoms with Crippen molar-refractivity contribution in [3.05, 3.63) is 0 Å². The van der Waals surface area contributed by atoms with Gasteiger partial charge in [0.15, 0.2) is 0 Å². The summed E-state index contributed by atoms with van der Waals surface area (Å²) >= 11 is 0. The number of hydrogen-bond acceptors (Lipinski definition) is 2. The number of likely N-dealkylation sites (N-methyl/N-ethyl adjacent to an activating group) is 1. The summed E-state index contributed by atoms with van der Waals surface area (Å²) in [5, 5.41) is 3.00. The maximum Gasteiger partial charge on any atom is 0.239 e. The van der Waals surface area contributed by atoms with Crippen LogP contribution < -0.4 is 5.32 Å². The minimum Gasteiger partial charge on any atom is -0.338 e. The van der Waals surface area contributed by atoms with Crippen LogP contribution >= 0.6 is 0 Å². The summed E-state index contributed by atoms with van der Waals surface area (Å²) in [5.41, 5.74) is 0. The molecule has 0 heterocycles. The van der Waals surface area contributed by atoms with Crippen LogP contribution in [0.25, 0.3) is 0 Å². The zero-order valence-corrected chi connectivity index (χ0v) is 8.84. The fourth-order valence-corrected chi connectivity index (χ4v) is 1.47. The molecule has 1 unspecified atom stereocenters. The Labute approximate surface area is 80.5 Å². The van der Waals surface area contributed by atoms with E-state index in [1.807, 2.05) is 18.9 Å². The number of nitrogens with one attached hydrogen (secondary N) is 1. The molecule has 0 spiro atoms. The van der Waals surface area contributed by atoms with Crippen LogP contribution in [0.3, 0.4) is 0 Å². The van der Waals surface area contributed by atoms with Crippen molar-refractivity contribution >= 4 is 5.91 Å². The van der Waals surface area contributed by atoms with Crippen molar-refractivity contribution in [3.8, 4) is 0 Å². The Hall–Kier alpha value is -0.570. The SMILES string of the molecule is CCCN(C(=O)C(C)NC)C1CC1. The average Bonchev–Trinajstić information content (AvgIpc) is 2.95. The highest BCUT2D eigenvalue weighted by Crippen LogP contribution is 2.27. The molecule has 1 aliphatic rings. The van der Waals surface area contributed by atoms with Crippen LogP contribution in [0, 0.1) is 0 Å². The Morgan fingerprint density at radius 1 is 1.62 bits per heavy atom. The van der Waals surface area contributed by atoms with Gasteiger partial charge in [-0.1, -0.05) is 6.92 Å². The Bertz CT molecular complexity index is 178. The molecule has 1 atom stereocenters. The highest BCUT2D eigenvalue weighted by molar-refractivity contribution is 5.82. The normalized spacial score (nSPS) is 18.4. The maximum absolute atomic E-state index is 11.8. The van der Waals surface area contributed by atoms with Crippen LogP contribution in [0.4, 0.5) is 0 Å². The number of carbonyl (C=O) groups excluding carboxylic acids is 1. The molecule has 1 fully saturated rings. The first-order chi connectivity index (χ1) is 6.20. The summed E-state index contributed by atoms with van der Waals surface area (Å²) in [6.07, 6.45) is 3.45. The van der Waals surface area contributed by atoms with Crippen LogP contribution in [0.2, 0.25) is 0 Å². The Kier molecular flexibility index (Phi) is 3.72. The highest BCUT2D eigenvalue weighted by Gasteiger charge is 2.33. The van der Waals surface area contributed by atoms with Gasteiger partial charge in [-0.25, -0.2) is 0 Å². The standard InChI is InChI=1S/C10H20N2O/c1-4-7-12(9-5-6-9)10(13)8(2)11-3/h8-9,11H,4-7H2,1-3H3. The molecule has 13 heavy (non-hydrogen) atoms. The summed E-state index contributed by atoms with van der Waals surface area (Å²) < 4.78 is 0. The van der Waals surface area contributed by atoms with Crippen LogP contribution in [-0.2, 0) is 4.79 Å². The molecule has 1 N–H and O–H groups in total. The summed E-state index contributed by atoms with van der Waals surface area (Å²) in [6, 6.07) is 0.510. The third-order valence-electron chi connectivity index (χ3n) is 2.54. The first-order valence-electron chi connectivity index (χ1n) is 5.18. The second-order valence-electron chi connectivity index (χ2n) is 3.77. The van der Waals surface area contributed by atoms with Gasteiger partial charge in [0.05, 0.1) is 6.04 Å². The minimum atomic E-state index is -0.0350. The van der Waals surface area contributed by atoms with Gasteiger partial charge in [0, 0.05) is 12.6 Å². The summed E-state index contributed by atoms with van der Waals surface area (Å²) in [6.45, 7) is 4.95. The van der Waals surface area contributed by atoms with Gasteiger partial charge in [-0.3, -0.25) is 4.79 Å². The third-order valence-corrected chi connectivity index (χ3v) is 2.54. The molecule has 76 valence electrons. The third kappa shape index (κ3) is 2.69. The zero-order chi connectivity index (χ0) is 9.84. The van der Waals surface area contributed by atoms with E-state index in [2.05, 4.69) is 12.2 Å². The lowest BCUT2D eigenvalue weighted by molar-refractivity contribution is -0.133. The van der Waals surface area contributed by atoms with Gasteiger partial charge in [-0.15, -0.1) is 0 Å². The summed E-state index contributed by atoms with van der Waals surface area (Å²) in [5.74, 6) is 0.256. The molecule has 0 saturated heterocycles. The molecule has 1 saturated carbocycles. The van der Waals surface area contributed by atoms with E-state index in [4.69, 9.17) is 0 Å². The Morgan fingerprint density at radius 3 is 2.62 bits per heavy atom. The Balaban J connectivity index is 2.47. The molecule has 1 amide bonds. The summed E-state index contributed by atoms with van der Waals surface area (Å²) in [4.78, 5) is 13.8. The van der Waals surface area contributed by atoms with Gasteiger partial charge >= 0.3 is 0 Å². The fraction of sp³-hybridized carbons (Fsp3) is 0.900. The van der Waals surface area contributed by atoms with Crippen molar-refractivity contribution in [2.45, 2.75) is 45.2 Å². The molecule has 0 bridgehead atoms. The number of carbonyl (C=O) groups is 1. The molecular formula is C10H20N2O. The van der Waals surface area contributed by atoms with E-state index in [1.165, 1.54) is 12.8 Å². The van der Waals surface area contributed by atoms with Gasteiger partial charge in [0.2, 0.25) is 5.91 Å². The fourth-order valence-electron chi connectivity index (χ4n) is 1.47. The smallest absolute Gasteiger partial charge is 0.239 e. The van der Waals surface area contributed by atoms with Crippen molar-refractivity contribution in [3.63, 3.8) is 0 Å². The molecule has 1 aliphatic carbocycles. The largest absolute Gasteiger partial charge is 0.338 e. The van der Waals surface area contributed by atoms with Crippen LogP contribution in [-0.4, -0.2) is 36.5 Å². The maximum atomic E-state index is 11.8. The predicted octanol–water partition coefficient (Wildman–Crippen LogP) is 0.995. The lowest BCUT2D eigenvalue weighted by Crippen LogP contribution is -2.45. The molecule has 0 aliphatic heterocycles. The predicted molar refractivity (Wildman–Crippen MR) is 53.5 cm³/mol. The van der Waals surface area contributed by atoms with Gasteiger partial charge in [-0.2, -0.15) is 0 Å². The molecule has 3 nitrogen and oxygen atoms in total. The molecule has 1 rings (SSSR count). The summed E-state index contributed by atoms with van der Waals surface area (Å²) in [7, 11) is 1.83. The van der Waals surface area contributed by atoms with Gasteiger partial charge < -0.3 is 10.2 Å². The molecule has 0 aromatic heterocycles. The van der Waals surface area contributed by atoms with Gasteiger partial charge in [-0.05, 0) is 33.2 Å². The van der Waals surface area contributed by atoms with E-state index in [9.17, 15) is 4.79 Å². The topological polar surface area (TPSA) is 32.3 Å². The van der Waals surface area contributed by atoms with Crippen molar-refractivity contribution in [1.29, 1.82) is 0 Å². The Morgan fingerprint density at radius 2 is 2.23 bits per heavy atom. The van der Waals surface area contributed by atoms with E-state index in [1.54, 1.807) is 0 Å². The number of amides is 1.